The molecule has 0 amide bonds. The predicted molar refractivity (Wildman–Crippen MR) is 61.0 cm³/mol. The van der Waals surface area contributed by atoms with Crippen molar-refractivity contribution in [2.75, 3.05) is 5.73 Å². The summed E-state index contributed by atoms with van der Waals surface area (Å²) < 4.78 is 0. The molecule has 16 heavy (non-hydrogen) atoms. The van der Waals surface area contributed by atoms with Gasteiger partial charge in [-0.25, -0.2) is 0 Å². The van der Waals surface area contributed by atoms with Crippen LogP contribution >= 0.6 is 0 Å². The highest BCUT2D eigenvalue weighted by Gasteiger charge is 2.10. The minimum Gasteiger partial charge on any atom is -1.00 e. The molecule has 0 saturated heterocycles. The first-order valence-corrected chi connectivity index (χ1v) is 4.61. The van der Waals surface area contributed by atoms with Crippen molar-refractivity contribution in [3.05, 3.63) is 53.5 Å². The second-order valence-electron chi connectivity index (χ2n) is 3.24. The number of hydrogen-bond donors (Lipinski definition) is 1. The first-order chi connectivity index (χ1) is 7.31. The van der Waals surface area contributed by atoms with Gasteiger partial charge in [0.25, 0.3) is 0 Å². The van der Waals surface area contributed by atoms with Crippen LogP contribution < -0.4 is 18.1 Å². The third-order valence-corrected chi connectivity index (χ3v) is 2.24. The molecule has 0 spiro atoms. The van der Waals surface area contributed by atoms with Gasteiger partial charge in [0, 0.05) is 6.07 Å². The molecule has 2 N–H and O–H groups in total. The standard InChI is InChI=1S/C12H10N3.ClH/c13-11-8-10(6-7-12(11)15-14)9-4-2-1-3-5-9;/h1-8H,13H2;1H/q+1;/p-1. The molecule has 0 saturated carbocycles. The Morgan fingerprint density at radius 1 is 0.938 bits per heavy atom. The van der Waals surface area contributed by atoms with Gasteiger partial charge in [0.15, 0.2) is 4.98 Å². The highest BCUT2D eigenvalue weighted by molar-refractivity contribution is 5.76. The zero-order valence-corrected chi connectivity index (χ0v) is 9.22. The van der Waals surface area contributed by atoms with E-state index in [9.17, 15) is 0 Å². The number of hydrogen-bond acceptors (Lipinski definition) is 2. The number of nitrogens with two attached hydrogens (primary N) is 1. The van der Waals surface area contributed by atoms with Crippen molar-refractivity contribution in [2.24, 2.45) is 0 Å². The molecule has 2 aromatic carbocycles. The number of anilines is 1. The summed E-state index contributed by atoms with van der Waals surface area (Å²) in [6, 6.07) is 15.3. The highest BCUT2D eigenvalue weighted by Crippen LogP contribution is 2.28. The molecule has 3 nitrogen and oxygen atoms in total. The van der Waals surface area contributed by atoms with E-state index in [2.05, 4.69) is 4.98 Å². The van der Waals surface area contributed by atoms with E-state index in [0.29, 0.717) is 11.4 Å². The number of benzene rings is 2. The average Bonchev–Trinajstić information content (AvgIpc) is 2.30. The maximum absolute atomic E-state index is 8.62. The molecule has 0 unspecified atom stereocenters. The molecule has 0 aliphatic rings. The van der Waals surface area contributed by atoms with Crippen LogP contribution in [-0.4, -0.2) is 0 Å². The summed E-state index contributed by atoms with van der Waals surface area (Å²) in [5, 5.41) is 8.62. The Morgan fingerprint density at radius 2 is 1.62 bits per heavy atom. The Morgan fingerprint density at radius 3 is 2.19 bits per heavy atom. The van der Waals surface area contributed by atoms with Gasteiger partial charge < -0.3 is 18.1 Å². The van der Waals surface area contributed by atoms with Crippen LogP contribution in [0, 0.1) is 5.39 Å². The van der Waals surface area contributed by atoms with Gasteiger partial charge >= 0.3 is 5.69 Å². The first-order valence-electron chi connectivity index (χ1n) is 4.61. The smallest absolute Gasteiger partial charge is 0.407 e. The van der Waals surface area contributed by atoms with Gasteiger partial charge in [-0.05, 0) is 23.3 Å². The molecule has 4 heteroatoms. The summed E-state index contributed by atoms with van der Waals surface area (Å²) in [5.74, 6) is 0. The zero-order chi connectivity index (χ0) is 10.7. The van der Waals surface area contributed by atoms with Crippen molar-refractivity contribution in [1.82, 2.24) is 0 Å². The third kappa shape index (κ3) is 2.30. The second-order valence-corrected chi connectivity index (χ2v) is 3.24. The molecule has 80 valence electrons. The summed E-state index contributed by atoms with van der Waals surface area (Å²) in [6.45, 7) is 0. The molecule has 0 fully saturated rings. The molecule has 0 bridgehead atoms. The number of halogens is 1. The third-order valence-electron chi connectivity index (χ3n) is 2.24. The van der Waals surface area contributed by atoms with Crippen molar-refractivity contribution in [1.29, 1.82) is 5.39 Å². The van der Waals surface area contributed by atoms with Gasteiger partial charge in [-0.15, -0.1) is 0 Å². The predicted octanol–water partition coefficient (Wildman–Crippen LogP) is 0.424. The lowest BCUT2D eigenvalue weighted by molar-refractivity contribution is -0.00000320. The van der Waals surface area contributed by atoms with E-state index in [-0.39, 0.29) is 12.4 Å². The Hall–Kier alpha value is -2.05. The lowest BCUT2D eigenvalue weighted by Gasteiger charge is -2.00. The number of diazo groups is 1. The number of nitrogens with zero attached hydrogens (tertiary/aromatic N) is 2. The highest BCUT2D eigenvalue weighted by atomic mass is 35.5. The minimum atomic E-state index is 0. The van der Waals surface area contributed by atoms with E-state index in [1.165, 1.54) is 0 Å². The van der Waals surface area contributed by atoms with Gasteiger partial charge in [-0.3, -0.25) is 0 Å². The van der Waals surface area contributed by atoms with E-state index in [1.54, 1.807) is 12.1 Å². The summed E-state index contributed by atoms with van der Waals surface area (Å²) >= 11 is 0. The zero-order valence-electron chi connectivity index (χ0n) is 8.47. The topological polar surface area (TPSA) is 54.2 Å². The monoisotopic (exact) mass is 231 g/mol. The van der Waals surface area contributed by atoms with Crippen LogP contribution in [0.3, 0.4) is 0 Å². The molecule has 0 heterocycles. The van der Waals surface area contributed by atoms with Gasteiger partial charge in [-0.2, -0.15) is 0 Å². The van der Waals surface area contributed by atoms with E-state index in [4.69, 9.17) is 11.1 Å². The summed E-state index contributed by atoms with van der Waals surface area (Å²) in [4.78, 5) is 3.08. The van der Waals surface area contributed by atoms with Crippen molar-refractivity contribution in [3.63, 3.8) is 0 Å². The van der Waals surface area contributed by atoms with Crippen molar-refractivity contribution >= 4 is 11.4 Å². The Labute approximate surface area is 99.9 Å². The molecule has 0 aliphatic carbocycles. The first kappa shape index (κ1) is 12.0. The number of nitrogen functional groups attached to an aromatic ring is 1. The normalized spacial score (nSPS) is 8.94. The van der Waals surface area contributed by atoms with Crippen LogP contribution in [0.4, 0.5) is 11.4 Å². The van der Waals surface area contributed by atoms with Crippen LogP contribution in [0.5, 0.6) is 0 Å². The molecule has 0 aromatic heterocycles. The lowest BCUT2D eigenvalue weighted by atomic mass is 10.0. The van der Waals surface area contributed by atoms with Crippen LogP contribution in [0.2, 0.25) is 0 Å². The summed E-state index contributed by atoms with van der Waals surface area (Å²) in [7, 11) is 0. The number of rotatable bonds is 1. The molecule has 2 rings (SSSR count). The minimum absolute atomic E-state index is 0. The fourth-order valence-corrected chi connectivity index (χ4v) is 1.46. The van der Waals surface area contributed by atoms with Gasteiger partial charge in [0.1, 0.15) is 5.69 Å². The van der Waals surface area contributed by atoms with Gasteiger partial charge in [0.2, 0.25) is 5.39 Å². The van der Waals surface area contributed by atoms with E-state index < -0.39 is 0 Å². The van der Waals surface area contributed by atoms with Gasteiger partial charge in [-0.1, -0.05) is 30.3 Å². The van der Waals surface area contributed by atoms with Crippen LogP contribution in [-0.2, 0) is 0 Å². The lowest BCUT2D eigenvalue weighted by Crippen LogP contribution is -3.00. The summed E-state index contributed by atoms with van der Waals surface area (Å²) in [5.41, 5.74) is 8.69. The van der Waals surface area contributed by atoms with Crippen molar-refractivity contribution < 1.29 is 12.4 Å². The largest absolute Gasteiger partial charge is 1.00 e. The maximum Gasteiger partial charge on any atom is 0.407 e. The molecular weight excluding hydrogens is 222 g/mol. The van der Waals surface area contributed by atoms with Gasteiger partial charge in [0.05, 0.1) is 0 Å². The van der Waals surface area contributed by atoms with Crippen LogP contribution in [0.15, 0.2) is 48.5 Å². The van der Waals surface area contributed by atoms with Crippen molar-refractivity contribution in [2.45, 2.75) is 0 Å². The average molecular weight is 232 g/mol. The van der Waals surface area contributed by atoms with Crippen molar-refractivity contribution in [3.8, 4) is 11.1 Å². The molecule has 0 atom stereocenters. The molecule has 2 aromatic rings. The quantitative estimate of drug-likeness (QED) is 0.572. The molecule has 0 aliphatic heterocycles. The van der Waals surface area contributed by atoms with Crippen LogP contribution in [0.25, 0.3) is 16.1 Å². The van der Waals surface area contributed by atoms with Crippen LogP contribution in [0.1, 0.15) is 0 Å². The fraction of sp³-hybridized carbons (Fsp3) is 0. The van der Waals surface area contributed by atoms with E-state index in [0.717, 1.165) is 11.1 Å². The summed E-state index contributed by atoms with van der Waals surface area (Å²) in [6.07, 6.45) is 0. The second kappa shape index (κ2) is 5.15. The Kier molecular flexibility index (Phi) is 3.87. The Bertz CT molecular complexity index is 518. The van der Waals surface area contributed by atoms with E-state index >= 15 is 0 Å². The SMILES string of the molecule is N#[N+]c1ccc(-c2ccccc2)cc1N.[Cl-]. The molecule has 0 radical (unpaired) electrons. The Balaban J connectivity index is 0.00000128. The fourth-order valence-electron chi connectivity index (χ4n) is 1.46. The maximum atomic E-state index is 8.62. The molecular formula is C12H10ClN3. The van der Waals surface area contributed by atoms with E-state index in [1.807, 2.05) is 36.4 Å².